The number of halogens is 3. The summed E-state index contributed by atoms with van der Waals surface area (Å²) >= 11 is 0. The van der Waals surface area contributed by atoms with Gasteiger partial charge in [-0.15, -0.1) is 0 Å². The number of alkyl halides is 3. The van der Waals surface area contributed by atoms with Gasteiger partial charge in [0, 0.05) is 6.04 Å². The molecule has 3 N–H and O–H groups in total. The highest BCUT2D eigenvalue weighted by Crippen LogP contribution is 2.49. The standard InChI is InChI=1S/C18H22F3N3O3/c1-9(13-7-10-2-3-11(13)6-10)23-15(25)8-24-14(18(19,20)21)5-4-12(16(22)26)17(24)27/h4-5,9-11,13H,2-3,6-8H2,1H3,(H2,22,26)(H,23,25)/t9-,10-,11-,13+/m0/s1. The van der Waals surface area contributed by atoms with Crippen molar-refractivity contribution in [2.24, 2.45) is 23.5 Å². The van der Waals surface area contributed by atoms with Crippen LogP contribution in [0.2, 0.25) is 0 Å². The van der Waals surface area contributed by atoms with E-state index < -0.39 is 41.4 Å². The topological polar surface area (TPSA) is 94.2 Å². The van der Waals surface area contributed by atoms with E-state index in [9.17, 15) is 27.6 Å². The number of carbonyl (C=O) groups excluding carboxylic acids is 2. The Bertz CT molecular complexity index is 818. The number of amides is 2. The number of hydrogen-bond donors (Lipinski definition) is 2. The molecule has 27 heavy (non-hydrogen) atoms. The molecule has 0 aromatic carbocycles. The first-order valence-corrected chi connectivity index (χ1v) is 8.98. The molecule has 1 heterocycles. The molecule has 0 radical (unpaired) electrons. The smallest absolute Gasteiger partial charge is 0.365 e. The molecule has 2 saturated carbocycles. The van der Waals surface area contributed by atoms with Gasteiger partial charge in [0.1, 0.15) is 17.8 Å². The van der Waals surface area contributed by atoms with Crippen LogP contribution in [0.15, 0.2) is 16.9 Å². The number of carbonyl (C=O) groups is 2. The molecule has 0 aliphatic heterocycles. The lowest BCUT2D eigenvalue weighted by Crippen LogP contribution is -2.44. The Labute approximate surface area is 153 Å². The molecule has 6 nitrogen and oxygen atoms in total. The third kappa shape index (κ3) is 3.86. The minimum atomic E-state index is -4.84. The number of nitrogens with zero attached hydrogens (tertiary/aromatic N) is 1. The SMILES string of the molecule is C[C@H](NC(=O)Cn1c(C(F)(F)F)ccc(C(N)=O)c1=O)[C@H]1C[C@H]2CC[C@H]1C2. The molecule has 148 valence electrons. The van der Waals surface area contributed by atoms with E-state index in [1.807, 2.05) is 6.92 Å². The molecular weight excluding hydrogens is 363 g/mol. The van der Waals surface area contributed by atoms with Crippen LogP contribution in [-0.4, -0.2) is 22.4 Å². The molecular formula is C18H22F3N3O3. The summed E-state index contributed by atoms with van der Waals surface area (Å²) in [5.41, 5.74) is 1.94. The Hall–Kier alpha value is -2.32. The molecule has 2 amide bonds. The fraction of sp³-hybridized carbons (Fsp3) is 0.611. The Morgan fingerprint density at radius 1 is 1.30 bits per heavy atom. The van der Waals surface area contributed by atoms with Crippen molar-refractivity contribution < 1.29 is 22.8 Å². The average Bonchev–Trinajstić information content (AvgIpc) is 3.18. The van der Waals surface area contributed by atoms with Crippen LogP contribution >= 0.6 is 0 Å². The molecule has 2 bridgehead atoms. The zero-order valence-electron chi connectivity index (χ0n) is 14.9. The van der Waals surface area contributed by atoms with Gasteiger partial charge in [0.15, 0.2) is 0 Å². The predicted molar refractivity (Wildman–Crippen MR) is 90.8 cm³/mol. The van der Waals surface area contributed by atoms with Crippen LogP contribution < -0.4 is 16.6 Å². The molecule has 2 fully saturated rings. The predicted octanol–water partition coefficient (Wildman–Crippen LogP) is 1.91. The van der Waals surface area contributed by atoms with Crippen LogP contribution in [0.1, 0.15) is 48.7 Å². The molecule has 0 saturated heterocycles. The maximum atomic E-state index is 13.2. The highest BCUT2D eigenvalue weighted by atomic mass is 19.4. The molecule has 2 aliphatic rings. The number of aromatic nitrogens is 1. The van der Waals surface area contributed by atoms with Crippen molar-refractivity contribution in [3.63, 3.8) is 0 Å². The summed E-state index contributed by atoms with van der Waals surface area (Å²) in [4.78, 5) is 35.9. The third-order valence-electron chi connectivity index (χ3n) is 5.86. The normalized spacial score (nSPS) is 25.4. The van der Waals surface area contributed by atoms with Crippen molar-refractivity contribution in [3.05, 3.63) is 33.7 Å². The zero-order valence-corrected chi connectivity index (χ0v) is 14.9. The van der Waals surface area contributed by atoms with Gasteiger partial charge in [-0.05, 0) is 56.1 Å². The second-order valence-electron chi connectivity index (χ2n) is 7.58. The van der Waals surface area contributed by atoms with Crippen LogP contribution in [0.5, 0.6) is 0 Å². The van der Waals surface area contributed by atoms with E-state index in [-0.39, 0.29) is 10.6 Å². The first kappa shape index (κ1) is 19.4. The maximum Gasteiger partial charge on any atom is 0.431 e. The highest BCUT2D eigenvalue weighted by molar-refractivity contribution is 5.92. The van der Waals surface area contributed by atoms with E-state index in [4.69, 9.17) is 5.73 Å². The number of hydrogen-bond acceptors (Lipinski definition) is 3. The summed E-state index contributed by atoms with van der Waals surface area (Å²) in [6.45, 7) is 1.02. The second kappa shape index (κ2) is 7.01. The summed E-state index contributed by atoms with van der Waals surface area (Å²) in [5, 5.41) is 2.73. The van der Waals surface area contributed by atoms with E-state index in [2.05, 4.69) is 5.32 Å². The monoisotopic (exact) mass is 385 g/mol. The van der Waals surface area contributed by atoms with Gasteiger partial charge < -0.3 is 11.1 Å². The first-order valence-electron chi connectivity index (χ1n) is 8.98. The van der Waals surface area contributed by atoms with Gasteiger partial charge >= 0.3 is 6.18 Å². The summed E-state index contributed by atoms with van der Waals surface area (Å²) in [5.74, 6) is -0.316. The number of pyridine rings is 1. The number of fused-ring (bicyclic) bond motifs is 2. The minimum absolute atomic E-state index is 0.183. The van der Waals surface area contributed by atoms with Crippen molar-refractivity contribution in [3.8, 4) is 0 Å². The van der Waals surface area contributed by atoms with E-state index in [1.165, 1.54) is 6.42 Å². The summed E-state index contributed by atoms with van der Waals surface area (Å²) in [6.07, 6.45) is -0.369. The average molecular weight is 385 g/mol. The van der Waals surface area contributed by atoms with Gasteiger partial charge in [0.05, 0.1) is 0 Å². The van der Waals surface area contributed by atoms with Crippen LogP contribution in [0.25, 0.3) is 0 Å². The largest absolute Gasteiger partial charge is 0.431 e. The zero-order chi connectivity index (χ0) is 19.9. The van der Waals surface area contributed by atoms with Crippen molar-refractivity contribution in [2.75, 3.05) is 0 Å². The molecule has 0 spiro atoms. The van der Waals surface area contributed by atoms with Crippen molar-refractivity contribution in [2.45, 2.75) is 51.4 Å². The Kier molecular flexibility index (Phi) is 5.05. The quantitative estimate of drug-likeness (QED) is 0.811. The van der Waals surface area contributed by atoms with Gasteiger partial charge in [-0.25, -0.2) is 0 Å². The first-order chi connectivity index (χ1) is 12.6. The van der Waals surface area contributed by atoms with Gasteiger partial charge in [0.2, 0.25) is 5.91 Å². The number of nitrogens with one attached hydrogen (secondary N) is 1. The van der Waals surface area contributed by atoms with Crippen molar-refractivity contribution >= 4 is 11.8 Å². The van der Waals surface area contributed by atoms with Crippen LogP contribution in [0.4, 0.5) is 13.2 Å². The third-order valence-corrected chi connectivity index (χ3v) is 5.86. The number of rotatable bonds is 5. The van der Waals surface area contributed by atoms with Gasteiger partial charge in [-0.1, -0.05) is 6.42 Å². The second-order valence-corrected chi connectivity index (χ2v) is 7.58. The van der Waals surface area contributed by atoms with Gasteiger partial charge in [0.25, 0.3) is 11.5 Å². The molecule has 2 aliphatic carbocycles. The Morgan fingerprint density at radius 2 is 2.00 bits per heavy atom. The van der Waals surface area contributed by atoms with Crippen molar-refractivity contribution in [1.82, 2.24) is 9.88 Å². The molecule has 0 unspecified atom stereocenters. The Morgan fingerprint density at radius 3 is 2.52 bits per heavy atom. The lowest BCUT2D eigenvalue weighted by Gasteiger charge is -2.28. The lowest BCUT2D eigenvalue weighted by molar-refractivity contribution is -0.144. The molecule has 4 atom stereocenters. The van der Waals surface area contributed by atoms with Gasteiger partial charge in [-0.2, -0.15) is 13.2 Å². The highest BCUT2D eigenvalue weighted by Gasteiger charge is 2.42. The van der Waals surface area contributed by atoms with E-state index in [1.54, 1.807) is 0 Å². The Balaban J connectivity index is 1.79. The van der Waals surface area contributed by atoms with Crippen LogP contribution in [0.3, 0.4) is 0 Å². The van der Waals surface area contributed by atoms with Crippen LogP contribution in [-0.2, 0) is 17.5 Å². The van der Waals surface area contributed by atoms with Crippen LogP contribution in [0, 0.1) is 17.8 Å². The van der Waals surface area contributed by atoms with Gasteiger partial charge in [-0.3, -0.25) is 19.0 Å². The van der Waals surface area contributed by atoms with E-state index in [0.29, 0.717) is 23.8 Å². The van der Waals surface area contributed by atoms with E-state index >= 15 is 0 Å². The summed E-state index contributed by atoms with van der Waals surface area (Å²) in [7, 11) is 0. The lowest BCUT2D eigenvalue weighted by atomic mass is 9.84. The molecule has 1 aromatic heterocycles. The van der Waals surface area contributed by atoms with E-state index in [0.717, 1.165) is 25.3 Å². The maximum absolute atomic E-state index is 13.2. The van der Waals surface area contributed by atoms with Crippen molar-refractivity contribution in [1.29, 1.82) is 0 Å². The molecule has 9 heteroatoms. The fourth-order valence-electron chi connectivity index (χ4n) is 4.63. The summed E-state index contributed by atoms with van der Waals surface area (Å²) in [6, 6.07) is 1.14. The number of primary amides is 1. The minimum Gasteiger partial charge on any atom is -0.365 e. The summed E-state index contributed by atoms with van der Waals surface area (Å²) < 4.78 is 39.9. The molecule has 3 rings (SSSR count). The number of nitrogens with two attached hydrogens (primary N) is 1. The molecule has 1 aromatic rings. The fourth-order valence-corrected chi connectivity index (χ4v) is 4.63.